The summed E-state index contributed by atoms with van der Waals surface area (Å²) in [5.41, 5.74) is 5.26. The van der Waals surface area contributed by atoms with Crippen LogP contribution in [0.1, 0.15) is 25.0 Å². The first-order chi connectivity index (χ1) is 10.7. The predicted molar refractivity (Wildman–Crippen MR) is 79.9 cm³/mol. The Kier molecular flexibility index (Phi) is 6.27. The highest BCUT2D eigenvalue weighted by molar-refractivity contribution is 5.80. The Balaban J connectivity index is 1.56. The van der Waals surface area contributed by atoms with E-state index in [-0.39, 0.29) is 11.8 Å². The third-order valence-corrected chi connectivity index (χ3v) is 3.69. The van der Waals surface area contributed by atoms with E-state index in [4.69, 9.17) is 14.9 Å². The lowest BCUT2D eigenvalue weighted by molar-refractivity contribution is -0.126. The summed E-state index contributed by atoms with van der Waals surface area (Å²) in [6, 6.07) is 3.22. The van der Waals surface area contributed by atoms with Gasteiger partial charge >= 0.3 is 6.03 Å². The SMILES string of the molecule is NC(=O)N1CCC[C@H](C(=O)NCCCOCc2ccco2)C1. The number of piperidine rings is 1. The minimum Gasteiger partial charge on any atom is -0.467 e. The van der Waals surface area contributed by atoms with Gasteiger partial charge in [-0.25, -0.2) is 4.79 Å². The first-order valence-electron chi connectivity index (χ1n) is 7.59. The van der Waals surface area contributed by atoms with Crippen molar-refractivity contribution in [3.05, 3.63) is 24.2 Å². The Hall–Kier alpha value is -2.02. The molecule has 3 N–H and O–H groups in total. The molecule has 2 heterocycles. The van der Waals surface area contributed by atoms with Crippen LogP contribution in [0.3, 0.4) is 0 Å². The average Bonchev–Trinajstić information content (AvgIpc) is 3.04. The monoisotopic (exact) mass is 309 g/mol. The Morgan fingerprint density at radius 1 is 1.50 bits per heavy atom. The lowest BCUT2D eigenvalue weighted by Gasteiger charge is -2.30. The van der Waals surface area contributed by atoms with E-state index in [0.29, 0.717) is 32.8 Å². The number of hydrogen-bond donors (Lipinski definition) is 2. The zero-order valence-corrected chi connectivity index (χ0v) is 12.6. The largest absolute Gasteiger partial charge is 0.467 e. The molecule has 1 aromatic heterocycles. The molecule has 122 valence electrons. The van der Waals surface area contributed by atoms with Gasteiger partial charge in [-0.3, -0.25) is 4.79 Å². The number of carbonyl (C=O) groups is 2. The second-order valence-corrected chi connectivity index (χ2v) is 5.40. The average molecular weight is 309 g/mol. The van der Waals surface area contributed by atoms with Crippen LogP contribution in [0.4, 0.5) is 4.79 Å². The molecule has 0 unspecified atom stereocenters. The number of urea groups is 1. The summed E-state index contributed by atoms with van der Waals surface area (Å²) < 4.78 is 10.6. The zero-order valence-electron chi connectivity index (χ0n) is 12.6. The first kappa shape index (κ1) is 16.4. The van der Waals surface area contributed by atoms with Gasteiger partial charge < -0.3 is 25.1 Å². The minimum absolute atomic E-state index is 0.0167. The van der Waals surface area contributed by atoms with Gasteiger partial charge in [0.25, 0.3) is 0 Å². The van der Waals surface area contributed by atoms with Crippen LogP contribution in [0.25, 0.3) is 0 Å². The third kappa shape index (κ3) is 5.07. The molecule has 0 spiro atoms. The zero-order chi connectivity index (χ0) is 15.8. The molecule has 2 rings (SSSR count). The van der Waals surface area contributed by atoms with Crippen molar-refractivity contribution < 1.29 is 18.7 Å². The van der Waals surface area contributed by atoms with Gasteiger partial charge in [-0.15, -0.1) is 0 Å². The third-order valence-electron chi connectivity index (χ3n) is 3.69. The van der Waals surface area contributed by atoms with Crippen LogP contribution in [0.15, 0.2) is 22.8 Å². The Morgan fingerprint density at radius 2 is 2.36 bits per heavy atom. The van der Waals surface area contributed by atoms with Crippen molar-refractivity contribution in [1.82, 2.24) is 10.2 Å². The van der Waals surface area contributed by atoms with E-state index in [1.807, 2.05) is 12.1 Å². The van der Waals surface area contributed by atoms with Gasteiger partial charge in [-0.2, -0.15) is 0 Å². The molecule has 0 radical (unpaired) electrons. The fourth-order valence-electron chi connectivity index (χ4n) is 2.49. The first-order valence-corrected chi connectivity index (χ1v) is 7.59. The smallest absolute Gasteiger partial charge is 0.314 e. The molecule has 0 bridgehead atoms. The van der Waals surface area contributed by atoms with Crippen LogP contribution in [-0.4, -0.2) is 43.1 Å². The Labute approximate surface area is 129 Å². The van der Waals surface area contributed by atoms with Crippen molar-refractivity contribution in [1.29, 1.82) is 0 Å². The number of hydrogen-bond acceptors (Lipinski definition) is 4. The molecule has 1 aromatic rings. The summed E-state index contributed by atoms with van der Waals surface area (Å²) in [5.74, 6) is 0.611. The summed E-state index contributed by atoms with van der Waals surface area (Å²) >= 11 is 0. The lowest BCUT2D eigenvalue weighted by atomic mass is 9.97. The number of nitrogens with one attached hydrogen (secondary N) is 1. The number of amides is 3. The lowest BCUT2D eigenvalue weighted by Crippen LogP contribution is -2.47. The molecule has 1 atom stereocenters. The summed E-state index contributed by atoms with van der Waals surface area (Å²) in [6.07, 6.45) is 3.95. The summed E-state index contributed by atoms with van der Waals surface area (Å²) in [4.78, 5) is 24.7. The maximum absolute atomic E-state index is 12.0. The van der Waals surface area contributed by atoms with E-state index >= 15 is 0 Å². The molecule has 22 heavy (non-hydrogen) atoms. The van der Waals surface area contributed by atoms with Crippen LogP contribution in [0.5, 0.6) is 0 Å². The maximum Gasteiger partial charge on any atom is 0.314 e. The molecule has 1 saturated heterocycles. The summed E-state index contributed by atoms with van der Waals surface area (Å²) in [5, 5.41) is 2.88. The van der Waals surface area contributed by atoms with Crippen LogP contribution in [0.2, 0.25) is 0 Å². The van der Waals surface area contributed by atoms with E-state index in [0.717, 1.165) is 25.0 Å². The van der Waals surface area contributed by atoms with Crippen LogP contribution in [0, 0.1) is 5.92 Å². The second kappa shape index (κ2) is 8.43. The molecule has 3 amide bonds. The molecule has 7 heteroatoms. The number of primary amides is 1. The Bertz CT molecular complexity index is 475. The van der Waals surface area contributed by atoms with Crippen LogP contribution >= 0.6 is 0 Å². The molecule has 1 aliphatic heterocycles. The van der Waals surface area contributed by atoms with Gasteiger partial charge in [0.05, 0.1) is 12.2 Å². The maximum atomic E-state index is 12.0. The van der Waals surface area contributed by atoms with E-state index < -0.39 is 6.03 Å². The molecular formula is C15H23N3O4. The molecule has 0 aliphatic carbocycles. The van der Waals surface area contributed by atoms with E-state index in [2.05, 4.69) is 5.32 Å². The second-order valence-electron chi connectivity index (χ2n) is 5.40. The number of carbonyl (C=O) groups excluding carboxylic acids is 2. The number of likely N-dealkylation sites (tertiary alicyclic amines) is 1. The normalized spacial score (nSPS) is 18.2. The van der Waals surface area contributed by atoms with Crippen LogP contribution in [-0.2, 0) is 16.1 Å². The highest BCUT2D eigenvalue weighted by Crippen LogP contribution is 2.16. The number of nitrogens with zero attached hydrogens (tertiary/aromatic N) is 1. The molecule has 7 nitrogen and oxygen atoms in total. The predicted octanol–water partition coefficient (Wildman–Crippen LogP) is 1.09. The molecule has 0 aromatic carbocycles. The quantitative estimate of drug-likeness (QED) is 0.737. The Morgan fingerprint density at radius 3 is 3.09 bits per heavy atom. The molecule has 1 fully saturated rings. The van der Waals surface area contributed by atoms with Crippen molar-refractivity contribution in [3.63, 3.8) is 0 Å². The number of rotatable bonds is 7. The fraction of sp³-hybridized carbons (Fsp3) is 0.600. The molecular weight excluding hydrogens is 286 g/mol. The van der Waals surface area contributed by atoms with E-state index in [9.17, 15) is 9.59 Å². The summed E-state index contributed by atoms with van der Waals surface area (Å²) in [6.45, 7) is 2.61. The van der Waals surface area contributed by atoms with Crippen molar-refractivity contribution in [3.8, 4) is 0 Å². The molecule has 1 aliphatic rings. The highest BCUT2D eigenvalue weighted by Gasteiger charge is 2.26. The van der Waals surface area contributed by atoms with Gasteiger partial charge in [0, 0.05) is 26.2 Å². The van der Waals surface area contributed by atoms with Gasteiger partial charge in [-0.05, 0) is 31.4 Å². The molecule has 0 saturated carbocycles. The van der Waals surface area contributed by atoms with Gasteiger partial charge in [0.1, 0.15) is 12.4 Å². The number of furan rings is 1. The fourth-order valence-corrected chi connectivity index (χ4v) is 2.49. The number of ether oxygens (including phenoxy) is 1. The minimum atomic E-state index is -0.455. The van der Waals surface area contributed by atoms with Gasteiger partial charge in [-0.1, -0.05) is 0 Å². The van der Waals surface area contributed by atoms with Crippen LogP contribution < -0.4 is 11.1 Å². The topological polar surface area (TPSA) is 97.8 Å². The van der Waals surface area contributed by atoms with Crippen molar-refractivity contribution in [2.24, 2.45) is 11.7 Å². The van der Waals surface area contributed by atoms with Crippen molar-refractivity contribution >= 4 is 11.9 Å². The number of nitrogens with two attached hydrogens (primary N) is 1. The van der Waals surface area contributed by atoms with E-state index in [1.165, 1.54) is 4.90 Å². The van der Waals surface area contributed by atoms with Crippen molar-refractivity contribution in [2.45, 2.75) is 25.9 Å². The van der Waals surface area contributed by atoms with E-state index in [1.54, 1.807) is 6.26 Å². The highest BCUT2D eigenvalue weighted by atomic mass is 16.5. The van der Waals surface area contributed by atoms with Gasteiger partial charge in [0.15, 0.2) is 0 Å². The van der Waals surface area contributed by atoms with Gasteiger partial charge in [0.2, 0.25) is 5.91 Å². The van der Waals surface area contributed by atoms with Crippen molar-refractivity contribution in [2.75, 3.05) is 26.2 Å². The summed E-state index contributed by atoms with van der Waals surface area (Å²) in [7, 11) is 0. The standard InChI is InChI=1S/C15H23N3O4/c16-15(20)18-7-1-4-12(10-18)14(19)17-6-3-8-21-11-13-5-2-9-22-13/h2,5,9,12H,1,3-4,6-8,10-11H2,(H2,16,20)(H,17,19)/t12-/m0/s1.